The second-order valence-electron chi connectivity index (χ2n) is 5.40. The maximum absolute atomic E-state index is 3.99. The van der Waals surface area contributed by atoms with Crippen LogP contribution >= 0.6 is 0 Å². The van der Waals surface area contributed by atoms with Gasteiger partial charge in [0.05, 0.1) is 0 Å². The van der Waals surface area contributed by atoms with Gasteiger partial charge in [0, 0.05) is 0 Å². The lowest BCUT2D eigenvalue weighted by molar-refractivity contribution is 0.469. The van der Waals surface area contributed by atoms with Gasteiger partial charge in [-0.1, -0.05) is 84.1 Å². The van der Waals surface area contributed by atoms with Gasteiger partial charge in [-0.2, -0.15) is 0 Å². The van der Waals surface area contributed by atoms with Gasteiger partial charge in [0.25, 0.3) is 0 Å². The molecule has 0 heteroatoms. The van der Waals surface area contributed by atoms with Gasteiger partial charge in [0.1, 0.15) is 0 Å². The molecule has 0 nitrogen and oxygen atoms in total. The fourth-order valence-electron chi connectivity index (χ4n) is 2.40. The zero-order valence-electron chi connectivity index (χ0n) is 12.3. The number of rotatable bonds is 13. The predicted molar refractivity (Wildman–Crippen MR) is 80.4 cm³/mol. The summed E-state index contributed by atoms with van der Waals surface area (Å²) in [5.41, 5.74) is 0. The second-order valence-corrected chi connectivity index (χ2v) is 5.40. The third-order valence-corrected chi connectivity index (χ3v) is 3.69. The van der Waals surface area contributed by atoms with E-state index in [-0.39, 0.29) is 0 Å². The van der Waals surface area contributed by atoms with Gasteiger partial charge >= 0.3 is 0 Å². The van der Waals surface area contributed by atoms with E-state index in [0.717, 1.165) is 5.92 Å². The molecular formula is C17H34. The number of unbranched alkanes of at least 4 members (excludes halogenated alkanes) is 8. The van der Waals surface area contributed by atoms with Gasteiger partial charge in [-0.05, 0) is 18.8 Å². The van der Waals surface area contributed by atoms with Crippen molar-refractivity contribution in [3.05, 3.63) is 12.7 Å². The first kappa shape index (κ1) is 16.7. The van der Waals surface area contributed by atoms with E-state index in [0.29, 0.717) is 0 Å². The third kappa shape index (κ3) is 12.0. The minimum atomic E-state index is 0.790. The zero-order chi connectivity index (χ0) is 12.8. The smallest absolute Gasteiger partial charge is 0.0236 e. The minimum Gasteiger partial charge on any atom is -0.103 e. The van der Waals surface area contributed by atoms with Gasteiger partial charge in [-0.25, -0.2) is 0 Å². The molecule has 0 spiro atoms. The Hall–Kier alpha value is -0.260. The topological polar surface area (TPSA) is 0 Å². The molecule has 0 unspecified atom stereocenters. The number of hydrogen-bond acceptors (Lipinski definition) is 0. The molecule has 0 saturated heterocycles. The van der Waals surface area contributed by atoms with E-state index in [4.69, 9.17) is 0 Å². The van der Waals surface area contributed by atoms with E-state index in [1.54, 1.807) is 0 Å². The molecule has 0 aliphatic rings. The summed E-state index contributed by atoms with van der Waals surface area (Å²) >= 11 is 0. The fourth-order valence-corrected chi connectivity index (χ4v) is 2.40. The minimum absolute atomic E-state index is 0.790. The average Bonchev–Trinajstić information content (AvgIpc) is 2.36. The molecule has 0 bridgehead atoms. The van der Waals surface area contributed by atoms with E-state index in [2.05, 4.69) is 26.5 Å². The predicted octanol–water partition coefficient (Wildman–Crippen LogP) is 6.51. The monoisotopic (exact) mass is 238 g/mol. The lowest BCUT2D eigenvalue weighted by Gasteiger charge is -2.12. The van der Waals surface area contributed by atoms with Crippen molar-refractivity contribution in [3.63, 3.8) is 0 Å². The van der Waals surface area contributed by atoms with Crippen LogP contribution in [0.2, 0.25) is 0 Å². The van der Waals surface area contributed by atoms with Crippen LogP contribution in [0.15, 0.2) is 12.7 Å². The summed E-state index contributed by atoms with van der Waals surface area (Å²) in [5, 5.41) is 0. The summed E-state index contributed by atoms with van der Waals surface area (Å²) in [7, 11) is 0. The van der Waals surface area contributed by atoms with Gasteiger partial charge in [0.2, 0.25) is 0 Å². The van der Waals surface area contributed by atoms with Crippen molar-refractivity contribution in [2.75, 3.05) is 0 Å². The first-order chi connectivity index (χ1) is 8.35. The maximum Gasteiger partial charge on any atom is -0.0236 e. The molecule has 0 aliphatic heterocycles. The Labute approximate surface area is 110 Å². The van der Waals surface area contributed by atoms with Crippen LogP contribution in [0.1, 0.15) is 90.9 Å². The summed E-state index contributed by atoms with van der Waals surface area (Å²) in [6.45, 7) is 8.55. The average molecular weight is 238 g/mol. The molecule has 0 N–H and O–H groups in total. The van der Waals surface area contributed by atoms with Crippen LogP contribution in [0.5, 0.6) is 0 Å². The molecule has 0 aromatic rings. The largest absolute Gasteiger partial charge is 0.103 e. The van der Waals surface area contributed by atoms with Crippen molar-refractivity contribution in [1.82, 2.24) is 0 Å². The van der Waals surface area contributed by atoms with Crippen LogP contribution in [0.3, 0.4) is 0 Å². The van der Waals surface area contributed by atoms with E-state index in [9.17, 15) is 0 Å². The van der Waals surface area contributed by atoms with Crippen LogP contribution in [0.4, 0.5) is 0 Å². The highest BCUT2D eigenvalue weighted by Crippen LogP contribution is 2.19. The number of hydrogen-bond donors (Lipinski definition) is 0. The fraction of sp³-hybridized carbons (Fsp3) is 0.882. The van der Waals surface area contributed by atoms with Crippen molar-refractivity contribution in [3.8, 4) is 0 Å². The van der Waals surface area contributed by atoms with Crippen molar-refractivity contribution in [2.24, 2.45) is 5.92 Å². The highest BCUT2D eigenvalue weighted by molar-refractivity contribution is 4.78. The SMILES string of the molecule is C=CC(CCCCCCC)CCCCCCC. The van der Waals surface area contributed by atoms with Crippen LogP contribution < -0.4 is 0 Å². The van der Waals surface area contributed by atoms with Gasteiger partial charge in [-0.15, -0.1) is 6.58 Å². The van der Waals surface area contributed by atoms with Crippen molar-refractivity contribution >= 4 is 0 Å². The molecule has 0 atom stereocenters. The van der Waals surface area contributed by atoms with Gasteiger partial charge < -0.3 is 0 Å². The summed E-state index contributed by atoms with van der Waals surface area (Å²) in [5.74, 6) is 0.790. The summed E-state index contributed by atoms with van der Waals surface area (Å²) < 4.78 is 0. The van der Waals surface area contributed by atoms with E-state index >= 15 is 0 Å². The summed E-state index contributed by atoms with van der Waals surface area (Å²) in [4.78, 5) is 0. The molecule has 0 radical (unpaired) electrons. The zero-order valence-corrected chi connectivity index (χ0v) is 12.3. The Bertz CT molecular complexity index is 134. The Morgan fingerprint density at radius 1 is 0.706 bits per heavy atom. The van der Waals surface area contributed by atoms with Crippen molar-refractivity contribution < 1.29 is 0 Å². The van der Waals surface area contributed by atoms with E-state index < -0.39 is 0 Å². The van der Waals surface area contributed by atoms with Crippen LogP contribution in [0, 0.1) is 5.92 Å². The molecule has 0 aromatic carbocycles. The van der Waals surface area contributed by atoms with Gasteiger partial charge in [0.15, 0.2) is 0 Å². The standard InChI is InChI=1S/C17H34/c1-4-7-9-11-13-15-17(6-3)16-14-12-10-8-5-2/h6,17H,3-5,7-16H2,1-2H3. The molecule has 17 heavy (non-hydrogen) atoms. The number of allylic oxidation sites excluding steroid dienone is 1. The van der Waals surface area contributed by atoms with E-state index in [1.807, 2.05) is 0 Å². The molecule has 0 heterocycles. The first-order valence-electron chi connectivity index (χ1n) is 7.97. The Kier molecular flexibility index (Phi) is 13.6. The van der Waals surface area contributed by atoms with Crippen LogP contribution in [0.25, 0.3) is 0 Å². The van der Waals surface area contributed by atoms with Crippen LogP contribution in [-0.2, 0) is 0 Å². The molecule has 0 amide bonds. The maximum atomic E-state index is 3.99. The Morgan fingerprint density at radius 2 is 1.12 bits per heavy atom. The normalized spacial score (nSPS) is 11.0. The molecule has 0 aliphatic carbocycles. The van der Waals surface area contributed by atoms with Gasteiger partial charge in [-0.3, -0.25) is 0 Å². The van der Waals surface area contributed by atoms with Crippen molar-refractivity contribution in [2.45, 2.75) is 90.9 Å². The highest BCUT2D eigenvalue weighted by Gasteiger charge is 2.03. The summed E-state index contributed by atoms with van der Waals surface area (Å²) in [6.07, 6.45) is 19.0. The highest BCUT2D eigenvalue weighted by atomic mass is 14.1. The first-order valence-corrected chi connectivity index (χ1v) is 7.97. The Morgan fingerprint density at radius 3 is 1.47 bits per heavy atom. The molecule has 0 rings (SSSR count). The molecule has 0 aromatic heterocycles. The quantitative estimate of drug-likeness (QED) is 0.253. The van der Waals surface area contributed by atoms with Crippen molar-refractivity contribution in [1.29, 1.82) is 0 Å². The lowest BCUT2D eigenvalue weighted by atomic mass is 9.94. The third-order valence-electron chi connectivity index (χ3n) is 3.69. The summed E-state index contributed by atoms with van der Waals surface area (Å²) in [6, 6.07) is 0. The molecule has 0 fully saturated rings. The van der Waals surface area contributed by atoms with E-state index in [1.165, 1.54) is 77.0 Å². The molecule has 102 valence electrons. The second kappa shape index (κ2) is 13.8. The van der Waals surface area contributed by atoms with Crippen LogP contribution in [-0.4, -0.2) is 0 Å². The Balaban J connectivity index is 3.33. The molecule has 0 saturated carbocycles. The molecular weight excluding hydrogens is 204 g/mol. The lowest BCUT2D eigenvalue weighted by Crippen LogP contribution is -1.96.